The van der Waals surface area contributed by atoms with Crippen LogP contribution in [0, 0.1) is 5.92 Å². The summed E-state index contributed by atoms with van der Waals surface area (Å²) in [6.45, 7) is 1.95. The van der Waals surface area contributed by atoms with Crippen LogP contribution in [0.5, 0.6) is 0 Å². The summed E-state index contributed by atoms with van der Waals surface area (Å²) in [5.74, 6) is -2.06. The number of hydrogen-bond acceptors (Lipinski definition) is 8. The number of carbonyl (C=O) groups excluding carboxylic acids is 4. The molecule has 1 aliphatic carbocycles. The Morgan fingerprint density at radius 2 is 1.49 bits per heavy atom. The molecular formula is C40H58N7O6+. The average Bonchev–Trinajstić information content (AvgIpc) is 3.47. The van der Waals surface area contributed by atoms with Gasteiger partial charge >= 0.3 is 11.9 Å². The first-order valence-electron chi connectivity index (χ1n) is 19.4. The van der Waals surface area contributed by atoms with Crippen molar-refractivity contribution >= 4 is 29.6 Å². The predicted octanol–water partition coefficient (Wildman–Crippen LogP) is 0.698. The molecule has 5 atom stereocenters. The fraction of sp³-hybridized carbons (Fsp3) is 0.575. The Morgan fingerprint density at radius 1 is 0.830 bits per heavy atom. The lowest BCUT2D eigenvalue weighted by molar-refractivity contribution is -0.637. The van der Waals surface area contributed by atoms with E-state index in [4.69, 9.17) is 11.5 Å². The summed E-state index contributed by atoms with van der Waals surface area (Å²) in [4.78, 5) is 71.9. The van der Waals surface area contributed by atoms with E-state index in [2.05, 4.69) is 10.6 Å². The van der Waals surface area contributed by atoms with E-state index in [0.717, 1.165) is 43.2 Å². The highest BCUT2D eigenvalue weighted by molar-refractivity contribution is 5.93. The number of aliphatic carboxylic acids is 1. The quantitative estimate of drug-likeness (QED) is 0.127. The van der Waals surface area contributed by atoms with Crippen LogP contribution in [-0.2, 0) is 36.8 Å². The second-order valence-electron chi connectivity index (χ2n) is 15.3. The number of unbranched alkanes of at least 4 members (excludes halogenated alkanes) is 1. The normalized spacial score (nSPS) is 21.5. The molecule has 9 N–H and O–H groups in total. The van der Waals surface area contributed by atoms with Crippen LogP contribution in [0.4, 0.5) is 0 Å². The molecule has 1 saturated carbocycles. The van der Waals surface area contributed by atoms with Gasteiger partial charge in [0.2, 0.25) is 11.8 Å². The van der Waals surface area contributed by atoms with Crippen molar-refractivity contribution in [3.8, 4) is 0 Å². The zero-order chi connectivity index (χ0) is 37.8. The molecule has 0 spiro atoms. The minimum Gasteiger partial charge on any atom is -0.480 e. The second-order valence-corrected chi connectivity index (χ2v) is 15.3. The van der Waals surface area contributed by atoms with Crippen molar-refractivity contribution in [2.45, 2.75) is 107 Å². The van der Waals surface area contributed by atoms with E-state index in [9.17, 15) is 29.1 Å². The molecule has 3 heterocycles. The van der Waals surface area contributed by atoms with E-state index in [0.29, 0.717) is 64.7 Å². The molecule has 288 valence electrons. The molecule has 4 fully saturated rings. The molecule has 4 aliphatic rings. The Morgan fingerprint density at radius 3 is 2.13 bits per heavy atom. The van der Waals surface area contributed by atoms with Crippen LogP contribution in [0.1, 0.15) is 75.3 Å². The first-order chi connectivity index (χ1) is 25.6. The van der Waals surface area contributed by atoms with E-state index in [1.54, 1.807) is 0 Å². The Hall–Kier alpha value is -4.17. The number of carboxylic acids is 1. The number of nitrogens with one attached hydrogen (secondary N) is 2. The van der Waals surface area contributed by atoms with Crippen molar-refractivity contribution in [3.63, 3.8) is 0 Å². The van der Waals surface area contributed by atoms with Crippen LogP contribution in [0.2, 0.25) is 0 Å². The fourth-order valence-electron chi connectivity index (χ4n) is 8.30. The van der Waals surface area contributed by atoms with E-state index in [1.807, 2.05) is 70.5 Å². The first kappa shape index (κ1) is 40.0. The molecule has 4 amide bonds. The molecule has 53 heavy (non-hydrogen) atoms. The molecule has 13 heteroatoms. The second kappa shape index (κ2) is 19.2. The Balaban J connectivity index is 1.33. The molecule has 2 aromatic carbocycles. The number of nitrogens with zero attached hydrogens (tertiary/aromatic N) is 2. The SMILES string of the molecule is NCCCCC(NC(=O)C1([NH2+]C(=O)C(Cc2ccccc2)NC(=O)C(N)Cc2ccccc2)CCCCC1)C(=O)N1CC2CCC(C1)N(CC(=O)O)C2. The van der Waals surface area contributed by atoms with Gasteiger partial charge in [0.1, 0.15) is 12.1 Å². The van der Waals surface area contributed by atoms with Crippen LogP contribution in [-0.4, -0.2) is 107 Å². The van der Waals surface area contributed by atoms with E-state index in [1.165, 1.54) is 5.32 Å². The van der Waals surface area contributed by atoms with Crippen LogP contribution in [0.3, 0.4) is 0 Å². The zero-order valence-electron chi connectivity index (χ0n) is 30.8. The summed E-state index contributed by atoms with van der Waals surface area (Å²) in [6, 6.07) is 16.2. The lowest BCUT2D eigenvalue weighted by atomic mass is 9.80. The average molecular weight is 733 g/mol. The maximum atomic E-state index is 14.5. The minimum atomic E-state index is -1.15. The van der Waals surface area contributed by atoms with Gasteiger partial charge in [-0.2, -0.15) is 0 Å². The van der Waals surface area contributed by atoms with Gasteiger partial charge in [0.05, 0.1) is 12.6 Å². The van der Waals surface area contributed by atoms with Crippen LogP contribution in [0.25, 0.3) is 0 Å². The predicted molar refractivity (Wildman–Crippen MR) is 200 cm³/mol. The van der Waals surface area contributed by atoms with Crippen LogP contribution in [0.15, 0.2) is 60.7 Å². The summed E-state index contributed by atoms with van der Waals surface area (Å²) < 4.78 is 0. The molecule has 5 unspecified atom stereocenters. The summed E-state index contributed by atoms with van der Waals surface area (Å²) in [5.41, 5.74) is 12.8. The molecule has 3 saturated heterocycles. The van der Waals surface area contributed by atoms with Crippen molar-refractivity contribution in [2.75, 3.05) is 32.7 Å². The monoisotopic (exact) mass is 732 g/mol. The summed E-state index contributed by atoms with van der Waals surface area (Å²) in [7, 11) is 0. The van der Waals surface area contributed by atoms with Crippen LogP contribution < -0.4 is 27.4 Å². The summed E-state index contributed by atoms with van der Waals surface area (Å²) in [5, 5.41) is 17.0. The van der Waals surface area contributed by atoms with Crippen molar-refractivity contribution in [2.24, 2.45) is 17.4 Å². The number of fused-ring (bicyclic) bond motifs is 4. The number of amides is 4. The smallest absolute Gasteiger partial charge is 0.334 e. The van der Waals surface area contributed by atoms with Gasteiger partial charge in [-0.3, -0.25) is 29.4 Å². The van der Waals surface area contributed by atoms with Gasteiger partial charge in [-0.1, -0.05) is 67.1 Å². The third-order valence-electron chi connectivity index (χ3n) is 11.2. The number of benzene rings is 2. The molecule has 2 aromatic rings. The number of rotatable bonds is 17. The van der Waals surface area contributed by atoms with Gasteiger partial charge in [0, 0.05) is 44.9 Å². The minimum absolute atomic E-state index is 0.0533. The lowest BCUT2D eigenvalue weighted by Crippen LogP contribution is -3.04. The molecule has 0 radical (unpaired) electrons. The molecule has 0 aromatic heterocycles. The fourth-order valence-corrected chi connectivity index (χ4v) is 8.30. The van der Waals surface area contributed by atoms with Gasteiger partial charge in [0.15, 0.2) is 5.54 Å². The standard InChI is InChI=1S/C40H57N7O6/c41-21-11-8-16-33(38(52)47-25-30-17-18-31(26-47)46(24-30)27-35(48)49)44-39(53)40(19-9-3-10-20-40)45-37(51)34(23-29-14-6-2-7-15-29)43-36(50)32(42)22-28-12-4-1-5-13-28/h1-2,4-7,12-15,30-34H,3,8-11,16-27,41-42H2,(H,43,50)(H,44,53)(H,45,51)(H,48,49)/p+1. The number of hydrogen-bond donors (Lipinski definition) is 6. The van der Waals surface area contributed by atoms with Crippen molar-refractivity contribution in [1.82, 2.24) is 20.4 Å². The number of quaternary nitrogens is 1. The van der Waals surface area contributed by atoms with Crippen molar-refractivity contribution in [1.29, 1.82) is 0 Å². The van der Waals surface area contributed by atoms with E-state index in [-0.39, 0.29) is 42.6 Å². The molecule has 13 nitrogen and oxygen atoms in total. The third kappa shape index (κ3) is 11.2. The van der Waals surface area contributed by atoms with Gasteiger partial charge in [-0.05, 0) is 75.0 Å². The molecule has 3 aliphatic heterocycles. The Bertz CT molecular complexity index is 1540. The van der Waals surface area contributed by atoms with Gasteiger partial charge in [-0.25, -0.2) is 4.79 Å². The highest BCUT2D eigenvalue weighted by Crippen LogP contribution is 2.29. The topological polar surface area (TPSA) is 205 Å². The van der Waals surface area contributed by atoms with Crippen molar-refractivity contribution < 1.29 is 34.4 Å². The third-order valence-corrected chi connectivity index (χ3v) is 11.2. The number of carboxylic acid groups (broad SMARTS) is 1. The summed E-state index contributed by atoms with van der Waals surface area (Å²) in [6.07, 6.45) is 7.35. The van der Waals surface area contributed by atoms with Gasteiger partial charge in [0.25, 0.3) is 5.91 Å². The molecule has 2 bridgehead atoms. The Kier molecular flexibility index (Phi) is 14.5. The number of nitrogens with two attached hydrogens (primary N) is 3. The van der Waals surface area contributed by atoms with E-state index >= 15 is 0 Å². The van der Waals surface area contributed by atoms with Crippen molar-refractivity contribution in [3.05, 3.63) is 71.8 Å². The number of piperidine rings is 1. The maximum Gasteiger partial charge on any atom is 0.334 e. The largest absolute Gasteiger partial charge is 0.480 e. The first-order valence-corrected chi connectivity index (χ1v) is 19.4. The number of carbonyl (C=O) groups is 5. The molecule has 6 rings (SSSR count). The highest BCUT2D eigenvalue weighted by atomic mass is 16.4. The Labute approximate surface area is 312 Å². The highest BCUT2D eigenvalue weighted by Gasteiger charge is 2.48. The van der Waals surface area contributed by atoms with Crippen LogP contribution >= 0.6 is 0 Å². The maximum absolute atomic E-state index is 14.5. The van der Waals surface area contributed by atoms with Gasteiger partial charge in [-0.15, -0.1) is 0 Å². The zero-order valence-corrected chi connectivity index (χ0v) is 30.8. The lowest BCUT2D eigenvalue weighted by Gasteiger charge is -2.36. The van der Waals surface area contributed by atoms with E-state index < -0.39 is 35.5 Å². The van der Waals surface area contributed by atoms with Gasteiger partial charge < -0.3 is 32.1 Å². The number of primary amides is 1. The molecular weight excluding hydrogens is 674 g/mol. The summed E-state index contributed by atoms with van der Waals surface area (Å²) >= 11 is 0.